The molecule has 0 bridgehead atoms. The summed E-state index contributed by atoms with van der Waals surface area (Å²) in [6.45, 7) is 2.13. The van der Waals surface area contributed by atoms with Crippen molar-refractivity contribution in [3.8, 4) is 11.1 Å². The van der Waals surface area contributed by atoms with E-state index >= 15 is 0 Å². The number of fused-ring (bicyclic) bond motifs is 3. The Labute approximate surface area is 175 Å². The van der Waals surface area contributed by atoms with Gasteiger partial charge in [0, 0.05) is 24.9 Å². The Hall–Kier alpha value is -3.35. The van der Waals surface area contributed by atoms with Crippen LogP contribution in [0.1, 0.15) is 43.2 Å². The van der Waals surface area contributed by atoms with E-state index < -0.39 is 12.1 Å². The number of carboxylic acids is 1. The monoisotopic (exact) mass is 410 g/mol. The van der Waals surface area contributed by atoms with Crippen LogP contribution in [0.2, 0.25) is 0 Å². The number of ether oxygens (including phenoxy) is 1. The van der Waals surface area contributed by atoms with E-state index in [1.54, 1.807) is 0 Å². The maximum absolute atomic E-state index is 12.3. The molecule has 0 aromatic heterocycles. The highest BCUT2D eigenvalue weighted by atomic mass is 16.5. The van der Waals surface area contributed by atoms with Gasteiger partial charge in [-0.1, -0.05) is 55.5 Å². The summed E-state index contributed by atoms with van der Waals surface area (Å²) in [5.41, 5.74) is 4.59. The van der Waals surface area contributed by atoms with Crippen molar-refractivity contribution in [3.63, 3.8) is 0 Å². The Balaban J connectivity index is 1.54. The molecule has 1 atom stereocenters. The van der Waals surface area contributed by atoms with E-state index in [-0.39, 0.29) is 43.9 Å². The number of carboxylic acid groups (broad SMARTS) is 1. The maximum Gasteiger partial charge on any atom is 0.407 e. The average molecular weight is 410 g/mol. The summed E-state index contributed by atoms with van der Waals surface area (Å²) < 4.78 is 5.51. The molecule has 0 fully saturated rings. The second-order valence-electron chi connectivity index (χ2n) is 7.27. The maximum atomic E-state index is 12.3. The van der Waals surface area contributed by atoms with Gasteiger partial charge in [-0.2, -0.15) is 0 Å². The molecule has 3 N–H and O–H groups in total. The number of alkyl carbamates (subject to hydrolysis) is 1. The van der Waals surface area contributed by atoms with Crippen LogP contribution >= 0.6 is 0 Å². The minimum atomic E-state index is -0.973. The molecule has 1 aliphatic rings. The van der Waals surface area contributed by atoms with Gasteiger partial charge < -0.3 is 20.5 Å². The molecular formula is C23H26N2O5. The lowest BCUT2D eigenvalue weighted by molar-refractivity contribution is -0.136. The van der Waals surface area contributed by atoms with Crippen molar-refractivity contribution in [3.05, 3.63) is 59.7 Å². The number of amides is 2. The van der Waals surface area contributed by atoms with Crippen LogP contribution in [-0.4, -0.2) is 42.3 Å². The summed E-state index contributed by atoms with van der Waals surface area (Å²) in [5.74, 6) is -1.30. The van der Waals surface area contributed by atoms with Gasteiger partial charge in [-0.05, 0) is 28.7 Å². The zero-order valence-corrected chi connectivity index (χ0v) is 16.9. The second-order valence-corrected chi connectivity index (χ2v) is 7.27. The fourth-order valence-corrected chi connectivity index (χ4v) is 3.71. The molecule has 0 radical (unpaired) electrons. The standard InChI is InChI=1S/C23H26N2O5/c1-2-15(13-21(26)24-12-11-22(27)28)25-23(29)30-14-20-18-9-5-3-7-16(18)17-8-4-6-10-19(17)20/h3-10,15,20H,2,11-14H2,1H3,(H,24,26)(H,25,29)(H,27,28)/t15-/m0/s1. The van der Waals surface area contributed by atoms with Gasteiger partial charge in [-0.3, -0.25) is 9.59 Å². The average Bonchev–Trinajstić information content (AvgIpc) is 3.05. The summed E-state index contributed by atoms with van der Waals surface area (Å²) in [6, 6.07) is 15.8. The van der Waals surface area contributed by atoms with Crippen molar-refractivity contribution in [2.24, 2.45) is 0 Å². The van der Waals surface area contributed by atoms with Crippen LogP contribution in [0.4, 0.5) is 4.79 Å². The minimum Gasteiger partial charge on any atom is -0.481 e. The third kappa shape index (κ3) is 5.17. The summed E-state index contributed by atoms with van der Waals surface area (Å²) in [4.78, 5) is 34.8. The molecule has 0 saturated heterocycles. The van der Waals surface area contributed by atoms with Crippen molar-refractivity contribution in [1.82, 2.24) is 10.6 Å². The van der Waals surface area contributed by atoms with E-state index in [0.29, 0.717) is 6.42 Å². The number of hydrogen-bond donors (Lipinski definition) is 3. The van der Waals surface area contributed by atoms with Gasteiger partial charge in [0.25, 0.3) is 0 Å². The normalized spacial score (nSPS) is 13.1. The summed E-state index contributed by atoms with van der Waals surface area (Å²) in [7, 11) is 0. The lowest BCUT2D eigenvalue weighted by Crippen LogP contribution is -2.39. The SMILES string of the molecule is CC[C@@H](CC(=O)NCCC(=O)O)NC(=O)OCC1c2ccccc2-c2ccccc21. The minimum absolute atomic E-state index is 0.0254. The number of aliphatic carboxylic acids is 1. The molecule has 2 amide bonds. The summed E-state index contributed by atoms with van der Waals surface area (Å²) >= 11 is 0. The van der Waals surface area contributed by atoms with Gasteiger partial charge in [-0.15, -0.1) is 0 Å². The van der Waals surface area contributed by atoms with Crippen molar-refractivity contribution in [2.45, 2.75) is 38.1 Å². The molecular weight excluding hydrogens is 384 g/mol. The van der Waals surface area contributed by atoms with Gasteiger partial charge in [0.1, 0.15) is 6.61 Å². The van der Waals surface area contributed by atoms with Crippen LogP contribution < -0.4 is 10.6 Å². The molecule has 1 aliphatic carbocycles. The molecule has 7 heteroatoms. The molecule has 0 heterocycles. The zero-order valence-electron chi connectivity index (χ0n) is 16.9. The number of carbonyl (C=O) groups is 3. The molecule has 3 rings (SSSR count). The Morgan fingerprint density at radius 2 is 1.63 bits per heavy atom. The van der Waals surface area contributed by atoms with E-state index in [2.05, 4.69) is 34.9 Å². The predicted molar refractivity (Wildman–Crippen MR) is 112 cm³/mol. The number of benzene rings is 2. The topological polar surface area (TPSA) is 105 Å². The number of rotatable bonds is 9. The van der Waals surface area contributed by atoms with Crippen LogP contribution in [0, 0.1) is 0 Å². The fourth-order valence-electron chi connectivity index (χ4n) is 3.71. The van der Waals surface area contributed by atoms with Crippen molar-refractivity contribution in [2.75, 3.05) is 13.2 Å². The molecule has 30 heavy (non-hydrogen) atoms. The predicted octanol–water partition coefficient (Wildman–Crippen LogP) is 3.28. The van der Waals surface area contributed by atoms with Crippen LogP contribution in [0.25, 0.3) is 11.1 Å². The van der Waals surface area contributed by atoms with Gasteiger partial charge in [0.2, 0.25) is 5.91 Å². The second kappa shape index (κ2) is 9.91. The van der Waals surface area contributed by atoms with Gasteiger partial charge in [0.15, 0.2) is 0 Å². The fraction of sp³-hybridized carbons (Fsp3) is 0.348. The van der Waals surface area contributed by atoms with E-state index in [1.165, 1.54) is 0 Å². The van der Waals surface area contributed by atoms with Gasteiger partial charge in [0.05, 0.1) is 6.42 Å². The first-order valence-corrected chi connectivity index (χ1v) is 10.1. The van der Waals surface area contributed by atoms with E-state index in [1.807, 2.05) is 31.2 Å². The van der Waals surface area contributed by atoms with Crippen LogP contribution in [0.15, 0.2) is 48.5 Å². The molecule has 0 spiro atoms. The highest BCUT2D eigenvalue weighted by Gasteiger charge is 2.29. The molecule has 0 saturated carbocycles. The highest BCUT2D eigenvalue weighted by Crippen LogP contribution is 2.44. The Kier molecular flexibility index (Phi) is 7.06. The summed E-state index contributed by atoms with van der Waals surface area (Å²) in [5, 5.41) is 13.9. The Morgan fingerprint density at radius 1 is 1.03 bits per heavy atom. The lowest BCUT2D eigenvalue weighted by atomic mass is 9.98. The molecule has 7 nitrogen and oxygen atoms in total. The van der Waals surface area contributed by atoms with Crippen LogP contribution in [0.5, 0.6) is 0 Å². The molecule has 158 valence electrons. The van der Waals surface area contributed by atoms with Crippen molar-refractivity contribution in [1.29, 1.82) is 0 Å². The zero-order chi connectivity index (χ0) is 21.5. The first-order valence-electron chi connectivity index (χ1n) is 10.1. The van der Waals surface area contributed by atoms with Gasteiger partial charge >= 0.3 is 12.1 Å². The third-order valence-electron chi connectivity index (χ3n) is 5.25. The van der Waals surface area contributed by atoms with E-state index in [9.17, 15) is 14.4 Å². The smallest absolute Gasteiger partial charge is 0.407 e. The number of nitrogens with one attached hydrogen (secondary N) is 2. The van der Waals surface area contributed by atoms with Crippen LogP contribution in [-0.2, 0) is 14.3 Å². The quantitative estimate of drug-likeness (QED) is 0.588. The van der Waals surface area contributed by atoms with Gasteiger partial charge in [-0.25, -0.2) is 4.79 Å². The largest absolute Gasteiger partial charge is 0.481 e. The van der Waals surface area contributed by atoms with Crippen molar-refractivity contribution >= 4 is 18.0 Å². The first-order chi connectivity index (χ1) is 14.5. The Morgan fingerprint density at radius 3 is 2.20 bits per heavy atom. The van der Waals surface area contributed by atoms with Crippen LogP contribution in [0.3, 0.4) is 0 Å². The molecule has 2 aromatic carbocycles. The van der Waals surface area contributed by atoms with E-state index in [4.69, 9.17) is 9.84 Å². The highest BCUT2D eigenvalue weighted by molar-refractivity contribution is 5.80. The van der Waals surface area contributed by atoms with Crippen molar-refractivity contribution < 1.29 is 24.2 Å². The molecule has 0 unspecified atom stereocenters. The van der Waals surface area contributed by atoms with E-state index in [0.717, 1.165) is 22.3 Å². The summed E-state index contributed by atoms with van der Waals surface area (Å²) in [6.07, 6.45) is -0.0822. The molecule has 2 aromatic rings. The lowest BCUT2D eigenvalue weighted by Gasteiger charge is -2.18. The first kappa shape index (κ1) is 21.4. The number of hydrogen-bond acceptors (Lipinski definition) is 4. The Bertz CT molecular complexity index is 882. The molecule has 0 aliphatic heterocycles. The third-order valence-corrected chi connectivity index (χ3v) is 5.25. The number of carbonyl (C=O) groups excluding carboxylic acids is 2.